The fourth-order valence-electron chi connectivity index (χ4n) is 2.10. The second-order valence-electron chi connectivity index (χ2n) is 5.02. The van der Waals surface area contributed by atoms with Crippen LogP contribution in [-0.2, 0) is 4.79 Å². The van der Waals surface area contributed by atoms with E-state index >= 15 is 0 Å². The van der Waals surface area contributed by atoms with Crippen LogP contribution >= 0.6 is 12.4 Å². The minimum absolute atomic E-state index is 0. The van der Waals surface area contributed by atoms with Crippen LogP contribution in [0.1, 0.15) is 31.9 Å². The normalized spacial score (nSPS) is 11.7. The van der Waals surface area contributed by atoms with E-state index in [2.05, 4.69) is 24.5 Å². The van der Waals surface area contributed by atoms with Crippen molar-refractivity contribution in [2.45, 2.75) is 26.3 Å². The van der Waals surface area contributed by atoms with E-state index in [-0.39, 0.29) is 24.4 Å². The molecule has 1 rings (SSSR count). The van der Waals surface area contributed by atoms with E-state index < -0.39 is 0 Å². The van der Waals surface area contributed by atoms with E-state index in [1.807, 2.05) is 24.3 Å². The Hall–Kier alpha value is -1.26. The molecule has 0 aromatic heterocycles. The molecule has 0 aliphatic carbocycles. The predicted molar refractivity (Wildman–Crippen MR) is 84.5 cm³/mol. The molecule has 1 aromatic carbocycles. The third-order valence-electron chi connectivity index (χ3n) is 2.89. The summed E-state index contributed by atoms with van der Waals surface area (Å²) in [5.41, 5.74) is 1.03. The Balaban J connectivity index is 0.00000361. The lowest BCUT2D eigenvalue weighted by Crippen LogP contribution is -2.35. The first-order valence-electron chi connectivity index (χ1n) is 6.65. The van der Waals surface area contributed by atoms with Gasteiger partial charge in [0.1, 0.15) is 5.75 Å². The summed E-state index contributed by atoms with van der Waals surface area (Å²) >= 11 is 0. The highest BCUT2D eigenvalue weighted by Gasteiger charge is 2.19. The lowest BCUT2D eigenvalue weighted by Gasteiger charge is -2.23. The lowest BCUT2D eigenvalue weighted by atomic mass is 9.96. The van der Waals surface area contributed by atoms with Crippen LogP contribution in [0.5, 0.6) is 5.75 Å². The van der Waals surface area contributed by atoms with Crippen molar-refractivity contribution in [2.24, 2.45) is 5.92 Å². The minimum atomic E-state index is -0.0167. The van der Waals surface area contributed by atoms with Gasteiger partial charge in [-0.3, -0.25) is 4.79 Å². The number of nitrogens with one attached hydrogen (secondary N) is 2. The lowest BCUT2D eigenvalue weighted by molar-refractivity contribution is -0.121. The summed E-state index contributed by atoms with van der Waals surface area (Å²) in [6, 6.07) is 7.81. The average molecular weight is 301 g/mol. The van der Waals surface area contributed by atoms with E-state index in [0.717, 1.165) is 17.7 Å². The molecule has 0 saturated heterocycles. The molecule has 0 spiro atoms. The molecule has 20 heavy (non-hydrogen) atoms. The number of amides is 1. The number of halogens is 1. The molecule has 1 amide bonds. The smallest absolute Gasteiger partial charge is 0.234 e. The molecule has 0 bridgehead atoms. The molecule has 0 aliphatic rings. The number of rotatable bonds is 7. The van der Waals surface area contributed by atoms with Crippen LogP contribution in [0.25, 0.3) is 0 Å². The van der Waals surface area contributed by atoms with Crippen molar-refractivity contribution >= 4 is 18.3 Å². The van der Waals surface area contributed by atoms with Crippen molar-refractivity contribution in [3.05, 3.63) is 29.8 Å². The highest BCUT2D eigenvalue weighted by molar-refractivity contribution is 5.85. The number of ether oxygens (including phenoxy) is 1. The molecular formula is C15H25ClN2O2. The molecule has 114 valence electrons. The Morgan fingerprint density at radius 2 is 1.95 bits per heavy atom. The molecule has 5 heteroatoms. The molecule has 1 unspecified atom stereocenters. The predicted octanol–water partition coefficient (Wildman–Crippen LogP) is 2.54. The van der Waals surface area contributed by atoms with Gasteiger partial charge in [0.2, 0.25) is 5.91 Å². The summed E-state index contributed by atoms with van der Waals surface area (Å²) < 4.78 is 5.38. The Morgan fingerprint density at radius 3 is 2.50 bits per heavy atom. The van der Waals surface area contributed by atoms with Gasteiger partial charge in [0.15, 0.2) is 0 Å². The molecule has 2 N–H and O–H groups in total. The zero-order chi connectivity index (χ0) is 14.3. The van der Waals surface area contributed by atoms with Crippen molar-refractivity contribution in [1.29, 1.82) is 0 Å². The van der Waals surface area contributed by atoms with E-state index in [9.17, 15) is 4.79 Å². The largest absolute Gasteiger partial charge is 0.496 e. The van der Waals surface area contributed by atoms with Gasteiger partial charge in [-0.2, -0.15) is 0 Å². The van der Waals surface area contributed by atoms with Crippen LogP contribution in [0.3, 0.4) is 0 Å². The SMILES string of the molecule is CNCC(=O)NC(CC(C)C)c1ccccc1OC.Cl. The van der Waals surface area contributed by atoms with E-state index in [4.69, 9.17) is 4.74 Å². The quantitative estimate of drug-likeness (QED) is 0.813. The molecular weight excluding hydrogens is 276 g/mol. The fraction of sp³-hybridized carbons (Fsp3) is 0.533. The van der Waals surface area contributed by atoms with Crippen molar-refractivity contribution in [1.82, 2.24) is 10.6 Å². The minimum Gasteiger partial charge on any atom is -0.496 e. The molecule has 0 fully saturated rings. The number of para-hydroxylation sites is 1. The van der Waals surface area contributed by atoms with Crippen molar-refractivity contribution < 1.29 is 9.53 Å². The summed E-state index contributed by atoms with van der Waals surface area (Å²) in [6.07, 6.45) is 0.885. The number of carbonyl (C=O) groups is 1. The van der Waals surface area contributed by atoms with Gasteiger partial charge in [-0.1, -0.05) is 32.0 Å². The molecule has 1 aromatic rings. The van der Waals surface area contributed by atoms with Crippen LogP contribution in [0.2, 0.25) is 0 Å². The van der Waals surface area contributed by atoms with Crippen molar-refractivity contribution in [3.8, 4) is 5.75 Å². The Bertz CT molecular complexity index is 411. The van der Waals surface area contributed by atoms with Gasteiger partial charge in [-0.05, 0) is 25.5 Å². The maximum atomic E-state index is 11.8. The fourth-order valence-corrected chi connectivity index (χ4v) is 2.10. The molecule has 1 atom stereocenters. The van der Waals surface area contributed by atoms with Gasteiger partial charge in [0, 0.05) is 5.56 Å². The molecule has 0 radical (unpaired) electrons. The highest BCUT2D eigenvalue weighted by Crippen LogP contribution is 2.29. The Labute approximate surface area is 127 Å². The van der Waals surface area contributed by atoms with E-state index in [0.29, 0.717) is 12.5 Å². The first-order chi connectivity index (χ1) is 9.08. The number of hydrogen-bond acceptors (Lipinski definition) is 3. The maximum absolute atomic E-state index is 11.8. The number of methoxy groups -OCH3 is 1. The topological polar surface area (TPSA) is 50.4 Å². The molecule has 0 aliphatic heterocycles. The average Bonchev–Trinajstić information content (AvgIpc) is 2.37. The van der Waals surface area contributed by atoms with Crippen LogP contribution in [0.4, 0.5) is 0 Å². The summed E-state index contributed by atoms with van der Waals surface area (Å²) in [4.78, 5) is 11.8. The van der Waals surface area contributed by atoms with Crippen LogP contribution in [0, 0.1) is 5.92 Å². The molecule has 0 saturated carbocycles. The standard InChI is InChI=1S/C15H24N2O2.ClH/c1-11(2)9-13(17-15(18)10-16-3)12-7-5-6-8-14(12)19-4;/h5-8,11,13,16H,9-10H2,1-4H3,(H,17,18);1H. The van der Waals surface area contributed by atoms with E-state index in [1.54, 1.807) is 14.2 Å². The summed E-state index contributed by atoms with van der Waals surface area (Å²) in [5, 5.41) is 5.92. The number of hydrogen-bond donors (Lipinski definition) is 2. The maximum Gasteiger partial charge on any atom is 0.234 e. The second-order valence-corrected chi connectivity index (χ2v) is 5.02. The van der Waals surface area contributed by atoms with Crippen molar-refractivity contribution in [2.75, 3.05) is 20.7 Å². The number of benzene rings is 1. The second kappa shape index (κ2) is 9.61. The summed E-state index contributed by atoms with van der Waals surface area (Å²) in [7, 11) is 3.42. The van der Waals surface area contributed by atoms with Gasteiger partial charge in [0.05, 0.1) is 19.7 Å². The third-order valence-corrected chi connectivity index (χ3v) is 2.89. The molecule has 4 nitrogen and oxygen atoms in total. The Morgan fingerprint density at radius 1 is 1.30 bits per heavy atom. The monoisotopic (exact) mass is 300 g/mol. The third kappa shape index (κ3) is 5.80. The first kappa shape index (κ1) is 18.7. The summed E-state index contributed by atoms with van der Waals surface area (Å²) in [5.74, 6) is 1.31. The van der Waals surface area contributed by atoms with Gasteiger partial charge in [0.25, 0.3) is 0 Å². The van der Waals surface area contributed by atoms with Gasteiger partial charge < -0.3 is 15.4 Å². The molecule has 0 heterocycles. The summed E-state index contributed by atoms with van der Waals surface area (Å²) in [6.45, 7) is 4.61. The van der Waals surface area contributed by atoms with Gasteiger partial charge in [-0.15, -0.1) is 12.4 Å². The van der Waals surface area contributed by atoms with E-state index in [1.165, 1.54) is 0 Å². The number of likely N-dealkylation sites (N-methyl/N-ethyl adjacent to an activating group) is 1. The van der Waals surface area contributed by atoms with Crippen molar-refractivity contribution in [3.63, 3.8) is 0 Å². The van der Waals surface area contributed by atoms with Gasteiger partial charge >= 0.3 is 0 Å². The van der Waals surface area contributed by atoms with Gasteiger partial charge in [-0.25, -0.2) is 0 Å². The highest BCUT2D eigenvalue weighted by atomic mass is 35.5. The van der Waals surface area contributed by atoms with Crippen LogP contribution in [0.15, 0.2) is 24.3 Å². The zero-order valence-corrected chi connectivity index (χ0v) is 13.4. The first-order valence-corrected chi connectivity index (χ1v) is 6.65. The zero-order valence-electron chi connectivity index (χ0n) is 12.6. The Kier molecular flexibility index (Phi) is 9.01. The van der Waals surface area contributed by atoms with Crippen LogP contribution < -0.4 is 15.4 Å². The van der Waals surface area contributed by atoms with Crippen LogP contribution in [-0.4, -0.2) is 26.6 Å². The number of carbonyl (C=O) groups excluding carboxylic acids is 1.